The van der Waals surface area contributed by atoms with Crippen LogP contribution in [0, 0.1) is 17.3 Å². The maximum Gasteiger partial charge on any atom is 0.312 e. The van der Waals surface area contributed by atoms with Gasteiger partial charge >= 0.3 is 5.97 Å². The molecule has 190 valence electrons. The van der Waals surface area contributed by atoms with Crippen molar-refractivity contribution >= 4 is 17.8 Å². The molecule has 4 saturated carbocycles. The Morgan fingerprint density at radius 2 is 1.50 bits per heavy atom. The molecule has 4 bridgehead atoms. The van der Waals surface area contributed by atoms with Crippen LogP contribution in [-0.4, -0.2) is 36.5 Å². The molecule has 36 heavy (non-hydrogen) atoms. The van der Waals surface area contributed by atoms with E-state index in [2.05, 4.69) is 34.9 Å². The van der Waals surface area contributed by atoms with Gasteiger partial charge < -0.3 is 15.4 Å². The van der Waals surface area contributed by atoms with Crippen LogP contribution in [0.25, 0.3) is 0 Å². The van der Waals surface area contributed by atoms with E-state index in [1.165, 1.54) is 11.1 Å². The standard InChI is InChI=1S/C30H36N2O4/c1-21(33)32-30-17-22-14-23(18-30)16-29(15-22,20-30)28(35)36-19-27(34)31-13-12-26(24-8-4-2-5-9-24)25-10-6-3-7-11-25/h2-11,22-23,26H,12-20H2,1H3,(H,31,34)(H,32,33). The summed E-state index contributed by atoms with van der Waals surface area (Å²) in [6, 6.07) is 20.6. The Hall–Kier alpha value is -3.15. The molecule has 4 fully saturated rings. The number of hydrogen-bond acceptors (Lipinski definition) is 4. The summed E-state index contributed by atoms with van der Waals surface area (Å²) in [6.07, 6.45) is 6.01. The van der Waals surface area contributed by atoms with Gasteiger partial charge in [0.1, 0.15) is 0 Å². The second-order valence-electron chi connectivity index (χ2n) is 11.3. The second kappa shape index (κ2) is 10.1. The fourth-order valence-electron chi connectivity index (χ4n) is 7.61. The largest absolute Gasteiger partial charge is 0.455 e. The number of carbonyl (C=O) groups excluding carboxylic acids is 3. The quantitative estimate of drug-likeness (QED) is 0.514. The van der Waals surface area contributed by atoms with Crippen molar-refractivity contribution in [3.63, 3.8) is 0 Å². The van der Waals surface area contributed by atoms with Gasteiger partial charge in [0.25, 0.3) is 5.91 Å². The highest BCUT2D eigenvalue weighted by atomic mass is 16.5. The van der Waals surface area contributed by atoms with Crippen LogP contribution in [0.1, 0.15) is 68.9 Å². The third-order valence-corrected chi connectivity index (χ3v) is 8.43. The summed E-state index contributed by atoms with van der Waals surface area (Å²) in [7, 11) is 0. The van der Waals surface area contributed by atoms with E-state index in [0.717, 1.165) is 38.5 Å². The summed E-state index contributed by atoms with van der Waals surface area (Å²) < 4.78 is 5.60. The van der Waals surface area contributed by atoms with Gasteiger partial charge in [-0.25, -0.2) is 0 Å². The molecule has 0 heterocycles. The van der Waals surface area contributed by atoms with Crippen molar-refractivity contribution in [2.75, 3.05) is 13.2 Å². The van der Waals surface area contributed by atoms with Gasteiger partial charge in [0.15, 0.2) is 6.61 Å². The van der Waals surface area contributed by atoms with Crippen molar-refractivity contribution in [3.05, 3.63) is 71.8 Å². The number of amides is 2. The zero-order valence-electron chi connectivity index (χ0n) is 21.0. The molecule has 4 aliphatic carbocycles. The first kappa shape index (κ1) is 24.5. The van der Waals surface area contributed by atoms with Gasteiger partial charge in [-0.1, -0.05) is 60.7 Å². The number of ether oxygens (including phenoxy) is 1. The fraction of sp³-hybridized carbons (Fsp3) is 0.500. The molecule has 6 heteroatoms. The highest BCUT2D eigenvalue weighted by molar-refractivity contribution is 5.83. The van der Waals surface area contributed by atoms with Crippen LogP contribution in [0.3, 0.4) is 0 Å². The first-order valence-electron chi connectivity index (χ1n) is 13.2. The second-order valence-corrected chi connectivity index (χ2v) is 11.3. The van der Waals surface area contributed by atoms with Crippen LogP contribution in [-0.2, 0) is 19.1 Å². The van der Waals surface area contributed by atoms with E-state index in [-0.39, 0.29) is 35.8 Å². The molecular formula is C30H36N2O4. The monoisotopic (exact) mass is 488 g/mol. The average Bonchev–Trinajstić information content (AvgIpc) is 2.84. The number of carbonyl (C=O) groups is 3. The molecule has 2 N–H and O–H groups in total. The maximum absolute atomic E-state index is 13.3. The molecule has 0 aliphatic heterocycles. The van der Waals surface area contributed by atoms with Gasteiger partial charge in [0.05, 0.1) is 5.41 Å². The Labute approximate surface area is 213 Å². The lowest BCUT2D eigenvalue weighted by atomic mass is 9.47. The first-order chi connectivity index (χ1) is 17.4. The lowest BCUT2D eigenvalue weighted by Gasteiger charge is -2.60. The Morgan fingerprint density at radius 3 is 2.06 bits per heavy atom. The van der Waals surface area contributed by atoms with Crippen molar-refractivity contribution in [2.24, 2.45) is 17.3 Å². The van der Waals surface area contributed by atoms with E-state index in [9.17, 15) is 14.4 Å². The fourth-order valence-corrected chi connectivity index (χ4v) is 7.61. The molecule has 4 aliphatic rings. The normalized spacial score (nSPS) is 28.1. The lowest BCUT2D eigenvalue weighted by Crippen LogP contribution is -2.64. The number of nitrogens with one attached hydrogen (secondary N) is 2. The topological polar surface area (TPSA) is 84.5 Å². The minimum atomic E-state index is -0.571. The number of rotatable bonds is 9. The molecule has 2 amide bonds. The molecular weight excluding hydrogens is 452 g/mol. The van der Waals surface area contributed by atoms with Crippen molar-refractivity contribution in [1.82, 2.24) is 10.6 Å². The van der Waals surface area contributed by atoms with Crippen molar-refractivity contribution < 1.29 is 19.1 Å². The first-order valence-corrected chi connectivity index (χ1v) is 13.2. The summed E-state index contributed by atoms with van der Waals surface area (Å²) in [5, 5.41) is 6.11. The summed E-state index contributed by atoms with van der Waals surface area (Å²) in [5.41, 5.74) is 1.55. The van der Waals surface area contributed by atoms with Gasteiger partial charge in [0, 0.05) is 24.9 Å². The van der Waals surface area contributed by atoms with Crippen LogP contribution in [0.15, 0.2) is 60.7 Å². The highest BCUT2D eigenvalue weighted by Gasteiger charge is 2.61. The molecule has 2 atom stereocenters. The summed E-state index contributed by atoms with van der Waals surface area (Å²) >= 11 is 0. The molecule has 2 aromatic rings. The molecule has 0 spiro atoms. The summed E-state index contributed by atoms with van der Waals surface area (Å²) in [5.74, 6) is 0.466. The minimum Gasteiger partial charge on any atom is -0.455 e. The number of benzene rings is 2. The van der Waals surface area contributed by atoms with Gasteiger partial charge in [-0.3, -0.25) is 14.4 Å². The van der Waals surface area contributed by atoms with E-state index >= 15 is 0 Å². The molecule has 2 aromatic carbocycles. The third-order valence-electron chi connectivity index (χ3n) is 8.43. The van der Waals surface area contributed by atoms with E-state index in [1.54, 1.807) is 6.92 Å². The molecule has 0 saturated heterocycles. The van der Waals surface area contributed by atoms with Gasteiger partial charge in [-0.2, -0.15) is 0 Å². The van der Waals surface area contributed by atoms with Crippen LogP contribution in [0.4, 0.5) is 0 Å². The van der Waals surface area contributed by atoms with E-state index in [1.807, 2.05) is 36.4 Å². The Balaban J connectivity index is 1.15. The van der Waals surface area contributed by atoms with Gasteiger partial charge in [-0.05, 0) is 67.9 Å². The number of esters is 1. The molecule has 6 nitrogen and oxygen atoms in total. The average molecular weight is 489 g/mol. The van der Waals surface area contributed by atoms with Crippen molar-refractivity contribution in [1.29, 1.82) is 0 Å². The SMILES string of the molecule is CC(=O)NC12CC3CC(C1)CC(C(=O)OCC(=O)NCCC(c1ccccc1)c1ccccc1)(C3)C2. The predicted octanol–water partition coefficient (Wildman–Crippen LogP) is 4.34. The predicted molar refractivity (Wildman–Crippen MR) is 137 cm³/mol. The highest BCUT2D eigenvalue weighted by Crippen LogP contribution is 2.62. The van der Waals surface area contributed by atoms with Crippen molar-refractivity contribution in [3.8, 4) is 0 Å². The molecule has 6 rings (SSSR count). The smallest absolute Gasteiger partial charge is 0.312 e. The van der Waals surface area contributed by atoms with Crippen LogP contribution in [0.5, 0.6) is 0 Å². The van der Waals surface area contributed by atoms with Gasteiger partial charge in [-0.15, -0.1) is 0 Å². The van der Waals surface area contributed by atoms with Crippen LogP contribution >= 0.6 is 0 Å². The third kappa shape index (κ3) is 5.18. The van der Waals surface area contributed by atoms with E-state index < -0.39 is 5.41 Å². The Morgan fingerprint density at radius 1 is 0.917 bits per heavy atom. The zero-order valence-corrected chi connectivity index (χ0v) is 21.0. The summed E-state index contributed by atoms with van der Waals surface area (Å²) in [6.45, 7) is 1.78. The van der Waals surface area contributed by atoms with Gasteiger partial charge in [0.2, 0.25) is 5.91 Å². The van der Waals surface area contributed by atoms with Crippen LogP contribution in [0.2, 0.25) is 0 Å². The van der Waals surface area contributed by atoms with Crippen molar-refractivity contribution in [2.45, 2.75) is 63.3 Å². The van der Waals surface area contributed by atoms with E-state index in [4.69, 9.17) is 4.74 Å². The minimum absolute atomic E-state index is 0.0378. The van der Waals surface area contributed by atoms with E-state index in [0.29, 0.717) is 24.8 Å². The zero-order chi connectivity index (χ0) is 25.2. The lowest BCUT2D eigenvalue weighted by molar-refractivity contribution is -0.177. The van der Waals surface area contributed by atoms with Crippen LogP contribution < -0.4 is 10.6 Å². The molecule has 2 unspecified atom stereocenters. The molecule has 0 radical (unpaired) electrons. The number of hydrogen-bond donors (Lipinski definition) is 2. The molecule has 0 aromatic heterocycles. The maximum atomic E-state index is 13.3. The Bertz CT molecular complexity index is 1050. The summed E-state index contributed by atoms with van der Waals surface area (Å²) in [4.78, 5) is 37.7. The Kier molecular flexibility index (Phi) is 6.87.